The van der Waals surface area contributed by atoms with Crippen LogP contribution in [0.1, 0.15) is 59.3 Å². The van der Waals surface area contributed by atoms with Crippen molar-refractivity contribution in [3.05, 3.63) is 24.3 Å². The standard InChI is InChI=1S/C18H26O4/c1-4-9-17(19)21-15-11-6-7-12-16(15)22-18(20)13-8-5-10-14(2)3/h6-7,11-12,14H,4-5,8-10,13H2,1-3H3. The third kappa shape index (κ3) is 7.25. The Morgan fingerprint density at radius 2 is 1.50 bits per heavy atom. The quantitative estimate of drug-likeness (QED) is 0.382. The van der Waals surface area contributed by atoms with Gasteiger partial charge in [0, 0.05) is 12.8 Å². The fraction of sp³-hybridized carbons (Fsp3) is 0.556. The summed E-state index contributed by atoms with van der Waals surface area (Å²) < 4.78 is 10.5. The zero-order chi connectivity index (χ0) is 16.4. The molecule has 0 atom stereocenters. The molecule has 1 aromatic rings. The highest BCUT2D eigenvalue weighted by Crippen LogP contribution is 2.27. The molecule has 1 aromatic carbocycles. The number of carbonyl (C=O) groups excluding carboxylic acids is 2. The van der Waals surface area contributed by atoms with Gasteiger partial charge in [0.2, 0.25) is 0 Å². The van der Waals surface area contributed by atoms with Crippen molar-refractivity contribution in [1.82, 2.24) is 0 Å². The van der Waals surface area contributed by atoms with E-state index in [9.17, 15) is 9.59 Å². The fourth-order valence-corrected chi connectivity index (χ4v) is 1.99. The molecule has 0 aliphatic rings. The summed E-state index contributed by atoms with van der Waals surface area (Å²) in [6.45, 7) is 6.24. The Morgan fingerprint density at radius 3 is 2.00 bits per heavy atom. The van der Waals surface area contributed by atoms with Gasteiger partial charge < -0.3 is 9.47 Å². The highest BCUT2D eigenvalue weighted by atomic mass is 16.6. The molecule has 0 bridgehead atoms. The number of hydrogen-bond donors (Lipinski definition) is 0. The van der Waals surface area contributed by atoms with Crippen molar-refractivity contribution in [3.8, 4) is 11.5 Å². The second-order valence-corrected chi connectivity index (χ2v) is 5.78. The van der Waals surface area contributed by atoms with Crippen molar-refractivity contribution in [2.45, 2.75) is 59.3 Å². The molecule has 0 N–H and O–H groups in total. The van der Waals surface area contributed by atoms with Crippen LogP contribution in [0.4, 0.5) is 0 Å². The number of carbonyl (C=O) groups is 2. The number of hydrogen-bond acceptors (Lipinski definition) is 4. The predicted octanol–water partition coefficient (Wildman–Crippen LogP) is 4.51. The van der Waals surface area contributed by atoms with Crippen LogP contribution in [0.5, 0.6) is 11.5 Å². The van der Waals surface area contributed by atoms with E-state index in [2.05, 4.69) is 13.8 Å². The molecule has 1 rings (SSSR count). The largest absolute Gasteiger partial charge is 0.423 e. The number of ether oxygens (including phenoxy) is 2. The molecule has 0 aliphatic carbocycles. The smallest absolute Gasteiger partial charge is 0.311 e. The lowest BCUT2D eigenvalue weighted by atomic mass is 10.1. The molecule has 0 saturated heterocycles. The lowest BCUT2D eigenvalue weighted by Gasteiger charge is -2.10. The number of rotatable bonds is 9. The molecular weight excluding hydrogens is 280 g/mol. The SMILES string of the molecule is CCCC(=O)Oc1ccccc1OC(=O)CCCCC(C)C. The molecular formula is C18H26O4. The molecule has 0 spiro atoms. The van der Waals surface area contributed by atoms with Crippen molar-refractivity contribution in [2.75, 3.05) is 0 Å². The van der Waals surface area contributed by atoms with E-state index in [1.165, 1.54) is 0 Å². The van der Waals surface area contributed by atoms with Gasteiger partial charge in [-0.3, -0.25) is 9.59 Å². The summed E-state index contributed by atoms with van der Waals surface area (Å²) in [5, 5.41) is 0. The Hall–Kier alpha value is -1.84. The van der Waals surface area contributed by atoms with Crippen LogP contribution in [0, 0.1) is 5.92 Å². The summed E-state index contributed by atoms with van der Waals surface area (Å²) in [5.41, 5.74) is 0. The number of para-hydroxylation sites is 2. The zero-order valence-corrected chi connectivity index (χ0v) is 13.8. The first-order chi connectivity index (χ1) is 10.5. The van der Waals surface area contributed by atoms with Crippen molar-refractivity contribution in [3.63, 3.8) is 0 Å². The molecule has 0 fully saturated rings. The van der Waals surface area contributed by atoms with Crippen molar-refractivity contribution >= 4 is 11.9 Å². The monoisotopic (exact) mass is 306 g/mol. The topological polar surface area (TPSA) is 52.6 Å². The summed E-state index contributed by atoms with van der Waals surface area (Å²) in [7, 11) is 0. The van der Waals surface area contributed by atoms with E-state index in [0.29, 0.717) is 30.3 Å². The predicted molar refractivity (Wildman–Crippen MR) is 85.9 cm³/mol. The Balaban J connectivity index is 2.50. The van der Waals surface area contributed by atoms with E-state index in [0.717, 1.165) is 25.7 Å². The van der Waals surface area contributed by atoms with Gasteiger partial charge in [-0.15, -0.1) is 0 Å². The average Bonchev–Trinajstić information content (AvgIpc) is 2.46. The molecule has 0 amide bonds. The van der Waals surface area contributed by atoms with E-state index in [1.807, 2.05) is 6.92 Å². The average molecular weight is 306 g/mol. The summed E-state index contributed by atoms with van der Waals surface area (Å²) in [5.74, 6) is 0.651. The van der Waals surface area contributed by atoms with Crippen LogP contribution in [0.15, 0.2) is 24.3 Å². The summed E-state index contributed by atoms with van der Waals surface area (Å²) in [6.07, 6.45) is 4.38. The van der Waals surface area contributed by atoms with Crippen LogP contribution in [-0.2, 0) is 9.59 Å². The van der Waals surface area contributed by atoms with E-state index in [4.69, 9.17) is 9.47 Å². The highest BCUT2D eigenvalue weighted by molar-refractivity contribution is 5.76. The molecule has 0 unspecified atom stereocenters. The van der Waals surface area contributed by atoms with Crippen molar-refractivity contribution in [1.29, 1.82) is 0 Å². The number of unbranched alkanes of at least 4 members (excludes halogenated alkanes) is 1. The van der Waals surface area contributed by atoms with Crippen LogP contribution in [0.3, 0.4) is 0 Å². The van der Waals surface area contributed by atoms with Gasteiger partial charge in [0.25, 0.3) is 0 Å². The van der Waals surface area contributed by atoms with Crippen LogP contribution in [0.2, 0.25) is 0 Å². The summed E-state index contributed by atoms with van der Waals surface area (Å²) >= 11 is 0. The molecule has 0 aromatic heterocycles. The molecule has 0 heterocycles. The zero-order valence-electron chi connectivity index (χ0n) is 13.8. The van der Waals surface area contributed by atoms with Crippen LogP contribution < -0.4 is 9.47 Å². The van der Waals surface area contributed by atoms with Gasteiger partial charge in [-0.1, -0.05) is 45.7 Å². The highest BCUT2D eigenvalue weighted by Gasteiger charge is 2.12. The van der Waals surface area contributed by atoms with Crippen molar-refractivity contribution in [2.24, 2.45) is 5.92 Å². The summed E-state index contributed by atoms with van der Waals surface area (Å²) in [4.78, 5) is 23.4. The van der Waals surface area contributed by atoms with Crippen molar-refractivity contribution < 1.29 is 19.1 Å². The van der Waals surface area contributed by atoms with E-state index < -0.39 is 0 Å². The molecule has 0 aliphatic heterocycles. The van der Waals surface area contributed by atoms with Gasteiger partial charge >= 0.3 is 11.9 Å². The van der Waals surface area contributed by atoms with Gasteiger partial charge in [-0.05, 0) is 30.9 Å². The molecule has 0 saturated carbocycles. The Kier molecular flexibility index (Phi) is 8.26. The maximum atomic E-state index is 11.9. The van der Waals surface area contributed by atoms with Crippen LogP contribution >= 0.6 is 0 Å². The van der Waals surface area contributed by atoms with Crippen LogP contribution in [-0.4, -0.2) is 11.9 Å². The van der Waals surface area contributed by atoms with Gasteiger partial charge in [0.05, 0.1) is 0 Å². The Morgan fingerprint density at radius 1 is 0.955 bits per heavy atom. The lowest BCUT2D eigenvalue weighted by Crippen LogP contribution is -2.11. The maximum absolute atomic E-state index is 11.9. The molecule has 0 radical (unpaired) electrons. The minimum atomic E-state index is -0.317. The first kappa shape index (κ1) is 18.2. The number of benzene rings is 1. The van der Waals surface area contributed by atoms with Gasteiger partial charge in [-0.2, -0.15) is 0 Å². The van der Waals surface area contributed by atoms with Gasteiger partial charge in [-0.25, -0.2) is 0 Å². The lowest BCUT2D eigenvalue weighted by molar-refractivity contribution is -0.137. The molecule has 22 heavy (non-hydrogen) atoms. The normalized spacial score (nSPS) is 10.5. The van der Waals surface area contributed by atoms with E-state index in [1.54, 1.807) is 24.3 Å². The minimum absolute atomic E-state index is 0.289. The summed E-state index contributed by atoms with van der Waals surface area (Å²) in [6, 6.07) is 6.77. The molecule has 122 valence electrons. The third-order valence-electron chi connectivity index (χ3n) is 3.16. The van der Waals surface area contributed by atoms with E-state index >= 15 is 0 Å². The fourth-order valence-electron chi connectivity index (χ4n) is 1.99. The second-order valence-electron chi connectivity index (χ2n) is 5.78. The minimum Gasteiger partial charge on any atom is -0.423 e. The number of esters is 2. The second kappa shape index (κ2) is 9.98. The first-order valence-corrected chi connectivity index (χ1v) is 8.03. The molecule has 4 nitrogen and oxygen atoms in total. The molecule has 4 heteroatoms. The van der Waals surface area contributed by atoms with E-state index in [-0.39, 0.29) is 11.9 Å². The van der Waals surface area contributed by atoms with Crippen LogP contribution in [0.25, 0.3) is 0 Å². The van der Waals surface area contributed by atoms with Gasteiger partial charge in [0.1, 0.15) is 0 Å². The Labute approximate surface area is 132 Å². The maximum Gasteiger partial charge on any atom is 0.311 e. The van der Waals surface area contributed by atoms with Gasteiger partial charge in [0.15, 0.2) is 11.5 Å². The third-order valence-corrected chi connectivity index (χ3v) is 3.16. The first-order valence-electron chi connectivity index (χ1n) is 8.03. The Bertz CT molecular complexity index is 480.